The number of hydrogen-bond donors (Lipinski definition) is 2. The zero-order valence-corrected chi connectivity index (χ0v) is 9.58. The van der Waals surface area contributed by atoms with E-state index in [1.165, 1.54) is 12.8 Å². The maximum Gasteiger partial charge on any atom is 0.0499 e. The number of fused-ring (bicyclic) bond motifs is 1. The Balaban J connectivity index is 2.41. The normalized spacial score (nSPS) is 45.1. The van der Waals surface area contributed by atoms with Crippen LogP contribution < -0.4 is 0 Å². The van der Waals surface area contributed by atoms with Gasteiger partial charge in [-0.25, -0.2) is 0 Å². The van der Waals surface area contributed by atoms with Gasteiger partial charge in [0.05, 0.1) is 0 Å². The Morgan fingerprint density at radius 1 is 1.20 bits per heavy atom. The van der Waals surface area contributed by atoms with E-state index in [1.54, 1.807) is 0 Å². The molecule has 0 aromatic heterocycles. The second-order valence-corrected chi connectivity index (χ2v) is 5.38. The lowest BCUT2D eigenvalue weighted by Gasteiger charge is -2.56. The highest BCUT2D eigenvalue weighted by molar-refractivity contribution is 5.14. The quantitative estimate of drug-likeness (QED) is 0.685. The summed E-state index contributed by atoms with van der Waals surface area (Å²) >= 11 is 0. The van der Waals surface area contributed by atoms with Crippen LogP contribution in [0.15, 0.2) is 12.2 Å². The zero-order chi connectivity index (χ0) is 10.9. The van der Waals surface area contributed by atoms with Gasteiger partial charge in [-0.3, -0.25) is 0 Å². The van der Waals surface area contributed by atoms with Crippen LogP contribution in [0.5, 0.6) is 0 Å². The summed E-state index contributed by atoms with van der Waals surface area (Å²) < 4.78 is 0. The highest BCUT2D eigenvalue weighted by atomic mass is 16.3. The Morgan fingerprint density at radius 2 is 1.93 bits per heavy atom. The minimum Gasteiger partial charge on any atom is -0.396 e. The van der Waals surface area contributed by atoms with Crippen LogP contribution in [-0.4, -0.2) is 23.4 Å². The molecule has 2 heteroatoms. The maximum absolute atomic E-state index is 9.80. The van der Waals surface area contributed by atoms with Crippen LogP contribution in [0.4, 0.5) is 0 Å². The molecule has 2 rings (SSSR count). The highest BCUT2D eigenvalue weighted by Crippen LogP contribution is 2.58. The second kappa shape index (κ2) is 3.91. The van der Waals surface area contributed by atoms with Crippen molar-refractivity contribution in [1.29, 1.82) is 0 Å². The molecule has 2 N–H and O–H groups in total. The van der Waals surface area contributed by atoms with Crippen LogP contribution in [0.2, 0.25) is 0 Å². The van der Waals surface area contributed by atoms with E-state index in [0.29, 0.717) is 5.92 Å². The van der Waals surface area contributed by atoms with Gasteiger partial charge in [-0.05, 0) is 25.2 Å². The average molecular weight is 210 g/mol. The van der Waals surface area contributed by atoms with Crippen molar-refractivity contribution in [3.63, 3.8) is 0 Å². The monoisotopic (exact) mass is 210 g/mol. The van der Waals surface area contributed by atoms with E-state index >= 15 is 0 Å². The first-order chi connectivity index (χ1) is 7.21. The predicted molar refractivity (Wildman–Crippen MR) is 60.4 cm³/mol. The van der Waals surface area contributed by atoms with Crippen molar-refractivity contribution in [2.45, 2.75) is 39.0 Å². The first-order valence-electron chi connectivity index (χ1n) is 6.09. The Bertz CT molecular complexity index is 261. The number of allylic oxidation sites excluding steroid dienone is 2. The van der Waals surface area contributed by atoms with E-state index < -0.39 is 0 Å². The summed E-state index contributed by atoms with van der Waals surface area (Å²) in [7, 11) is 0. The van der Waals surface area contributed by atoms with Gasteiger partial charge in [0.1, 0.15) is 0 Å². The molecule has 2 aliphatic carbocycles. The number of aliphatic hydroxyl groups is 2. The second-order valence-electron chi connectivity index (χ2n) is 5.38. The smallest absolute Gasteiger partial charge is 0.0499 e. The molecular formula is C13H22O2. The van der Waals surface area contributed by atoms with E-state index in [0.717, 1.165) is 19.3 Å². The molecule has 0 aliphatic heterocycles. The van der Waals surface area contributed by atoms with E-state index in [9.17, 15) is 10.2 Å². The molecule has 0 radical (unpaired) electrons. The number of rotatable bonds is 2. The van der Waals surface area contributed by atoms with Crippen LogP contribution in [0.3, 0.4) is 0 Å². The highest BCUT2D eigenvalue weighted by Gasteiger charge is 2.54. The first kappa shape index (κ1) is 11.2. The third-order valence-electron chi connectivity index (χ3n) is 4.97. The molecule has 0 spiro atoms. The van der Waals surface area contributed by atoms with Crippen molar-refractivity contribution in [1.82, 2.24) is 0 Å². The van der Waals surface area contributed by atoms with Gasteiger partial charge in [0.2, 0.25) is 0 Å². The summed E-state index contributed by atoms with van der Waals surface area (Å²) in [5.41, 5.74) is -0.108. The van der Waals surface area contributed by atoms with Crippen molar-refractivity contribution in [2.24, 2.45) is 16.7 Å². The van der Waals surface area contributed by atoms with E-state index in [1.807, 2.05) is 0 Å². The van der Waals surface area contributed by atoms with Crippen molar-refractivity contribution < 1.29 is 10.2 Å². The molecule has 2 aliphatic rings. The molecule has 0 amide bonds. The number of aliphatic hydroxyl groups excluding tert-OH is 2. The Hall–Kier alpha value is -0.340. The fourth-order valence-electron chi connectivity index (χ4n) is 3.81. The Morgan fingerprint density at radius 3 is 2.53 bits per heavy atom. The molecule has 1 fully saturated rings. The summed E-state index contributed by atoms with van der Waals surface area (Å²) in [4.78, 5) is 0. The van der Waals surface area contributed by atoms with Gasteiger partial charge >= 0.3 is 0 Å². The third kappa shape index (κ3) is 1.38. The molecule has 0 bridgehead atoms. The Labute approximate surface area is 92.0 Å². The molecule has 0 saturated heterocycles. The third-order valence-corrected chi connectivity index (χ3v) is 4.97. The van der Waals surface area contributed by atoms with Crippen molar-refractivity contribution in [3.8, 4) is 0 Å². The van der Waals surface area contributed by atoms with Gasteiger partial charge in [-0.2, -0.15) is 0 Å². The largest absolute Gasteiger partial charge is 0.396 e. The lowest BCUT2D eigenvalue weighted by molar-refractivity contribution is -0.114. The van der Waals surface area contributed by atoms with Crippen LogP contribution in [0.25, 0.3) is 0 Å². The van der Waals surface area contributed by atoms with Gasteiger partial charge in [-0.15, -0.1) is 0 Å². The van der Waals surface area contributed by atoms with Gasteiger partial charge in [0.25, 0.3) is 0 Å². The minimum atomic E-state index is -0.0608. The molecule has 3 atom stereocenters. The first-order valence-corrected chi connectivity index (χ1v) is 6.09. The SMILES string of the molecule is C[C@H]1C=CC[C@]2(CO)CCCC[C@]12CO. The van der Waals surface area contributed by atoms with Crippen LogP contribution >= 0.6 is 0 Å². The molecule has 0 heterocycles. The van der Waals surface area contributed by atoms with E-state index in [2.05, 4.69) is 19.1 Å². The molecule has 1 saturated carbocycles. The minimum absolute atomic E-state index is 0.0475. The maximum atomic E-state index is 9.80. The van der Waals surface area contributed by atoms with Gasteiger partial charge in [0, 0.05) is 24.0 Å². The van der Waals surface area contributed by atoms with Crippen LogP contribution in [0.1, 0.15) is 39.0 Å². The van der Waals surface area contributed by atoms with E-state index in [-0.39, 0.29) is 24.0 Å². The topological polar surface area (TPSA) is 40.5 Å². The molecule has 0 aromatic carbocycles. The zero-order valence-electron chi connectivity index (χ0n) is 9.58. The fourth-order valence-corrected chi connectivity index (χ4v) is 3.81. The van der Waals surface area contributed by atoms with Gasteiger partial charge in [0.15, 0.2) is 0 Å². The van der Waals surface area contributed by atoms with Gasteiger partial charge < -0.3 is 10.2 Å². The summed E-state index contributed by atoms with van der Waals surface area (Å²) in [6.07, 6.45) is 9.88. The van der Waals surface area contributed by atoms with Crippen molar-refractivity contribution in [3.05, 3.63) is 12.2 Å². The van der Waals surface area contributed by atoms with Crippen molar-refractivity contribution >= 4 is 0 Å². The average Bonchev–Trinajstić information content (AvgIpc) is 2.29. The molecule has 2 nitrogen and oxygen atoms in total. The summed E-state index contributed by atoms with van der Waals surface area (Å²) in [5.74, 6) is 0.392. The Kier molecular flexibility index (Phi) is 2.91. The molecule has 0 unspecified atom stereocenters. The molecule has 15 heavy (non-hydrogen) atoms. The van der Waals surface area contributed by atoms with Crippen LogP contribution in [0, 0.1) is 16.7 Å². The summed E-state index contributed by atoms with van der Waals surface area (Å²) in [6.45, 7) is 2.63. The number of hydrogen-bond acceptors (Lipinski definition) is 2. The molecule has 0 aromatic rings. The lowest BCUT2D eigenvalue weighted by Crippen LogP contribution is -2.54. The lowest BCUT2D eigenvalue weighted by atomic mass is 9.49. The predicted octanol–water partition coefficient (Wildman–Crippen LogP) is 2.11. The summed E-state index contributed by atoms with van der Waals surface area (Å²) in [6, 6.07) is 0. The molecule has 86 valence electrons. The van der Waals surface area contributed by atoms with Crippen LogP contribution in [-0.2, 0) is 0 Å². The van der Waals surface area contributed by atoms with Crippen molar-refractivity contribution in [2.75, 3.05) is 13.2 Å². The summed E-state index contributed by atoms with van der Waals surface area (Å²) in [5, 5.41) is 19.5. The van der Waals surface area contributed by atoms with Gasteiger partial charge in [-0.1, -0.05) is 31.9 Å². The standard InChI is InChI=1S/C13H22O2/c1-11-5-4-7-12(9-14)6-2-3-8-13(11,12)10-15/h4-5,11,14-15H,2-3,6-10H2,1H3/t11-,12-,13-/m0/s1. The molecular weight excluding hydrogens is 188 g/mol. The fraction of sp³-hybridized carbons (Fsp3) is 0.846. The van der Waals surface area contributed by atoms with E-state index in [4.69, 9.17) is 0 Å².